The number of aryl methyl sites for hydroxylation is 2. The molecule has 0 saturated carbocycles. The van der Waals surface area contributed by atoms with Crippen LogP contribution in [0.5, 0.6) is 0 Å². The largest absolute Gasteiger partial charge is 0.257 e. The van der Waals surface area contributed by atoms with Gasteiger partial charge in [-0.15, -0.1) is 11.3 Å². The Balaban J connectivity index is 1.92. The van der Waals surface area contributed by atoms with E-state index in [1.165, 1.54) is 16.0 Å². The minimum Gasteiger partial charge on any atom is -0.257 e. The lowest BCUT2D eigenvalue weighted by Crippen LogP contribution is -2.08. The minimum atomic E-state index is 0.977. The molecule has 0 saturated heterocycles. The average molecular weight is 264 g/mol. The third kappa shape index (κ3) is 1.78. The standard InChI is InChI=1S/C16H12N2S/c1-2-5-12-11(4-1)7-8-13-16(12)18-14(10-17-13)15-6-3-9-19-15/h1-6,9-10H,7-8H2. The van der Waals surface area contributed by atoms with Gasteiger partial charge in [-0.25, -0.2) is 4.98 Å². The van der Waals surface area contributed by atoms with Gasteiger partial charge in [-0.3, -0.25) is 4.98 Å². The van der Waals surface area contributed by atoms with Gasteiger partial charge in [0.1, 0.15) is 0 Å². The SMILES string of the molecule is c1csc(-c2cnc3c(n2)-c2ccccc2CC3)c1. The predicted octanol–water partition coefficient (Wildman–Crippen LogP) is 3.97. The van der Waals surface area contributed by atoms with Gasteiger partial charge in [-0.05, 0) is 29.9 Å². The highest BCUT2D eigenvalue weighted by Crippen LogP contribution is 2.33. The fourth-order valence-electron chi connectivity index (χ4n) is 2.58. The maximum Gasteiger partial charge on any atom is 0.0992 e. The molecule has 1 aromatic carbocycles. The van der Waals surface area contributed by atoms with Gasteiger partial charge in [0.05, 0.1) is 28.2 Å². The van der Waals surface area contributed by atoms with Gasteiger partial charge >= 0.3 is 0 Å². The number of nitrogens with zero attached hydrogens (tertiary/aromatic N) is 2. The van der Waals surface area contributed by atoms with Crippen molar-refractivity contribution < 1.29 is 0 Å². The first-order valence-corrected chi connectivity index (χ1v) is 7.28. The summed E-state index contributed by atoms with van der Waals surface area (Å²) in [6.07, 6.45) is 3.96. The van der Waals surface area contributed by atoms with Gasteiger partial charge in [-0.1, -0.05) is 30.3 Å². The van der Waals surface area contributed by atoms with E-state index in [2.05, 4.69) is 46.8 Å². The zero-order valence-electron chi connectivity index (χ0n) is 10.3. The Morgan fingerprint density at radius 2 is 1.95 bits per heavy atom. The Hall–Kier alpha value is -2.00. The van der Waals surface area contributed by atoms with E-state index in [-0.39, 0.29) is 0 Å². The molecule has 2 aromatic heterocycles. The average Bonchev–Trinajstić information content (AvgIpc) is 3.01. The van der Waals surface area contributed by atoms with E-state index in [0.29, 0.717) is 0 Å². The third-order valence-electron chi connectivity index (χ3n) is 3.53. The molecule has 0 amide bonds. The summed E-state index contributed by atoms with van der Waals surface area (Å²) in [5.41, 5.74) is 5.79. The van der Waals surface area contributed by atoms with Crippen LogP contribution >= 0.6 is 11.3 Å². The summed E-state index contributed by atoms with van der Waals surface area (Å²) in [6.45, 7) is 0. The van der Waals surface area contributed by atoms with Crippen LogP contribution in [0.2, 0.25) is 0 Å². The first-order chi connectivity index (χ1) is 9.42. The Morgan fingerprint density at radius 3 is 2.84 bits per heavy atom. The summed E-state index contributed by atoms with van der Waals surface area (Å²) < 4.78 is 0. The van der Waals surface area contributed by atoms with Crippen molar-refractivity contribution in [3.8, 4) is 21.8 Å². The number of aromatic nitrogens is 2. The van der Waals surface area contributed by atoms with E-state index in [9.17, 15) is 0 Å². The van der Waals surface area contributed by atoms with Crippen LogP contribution in [0, 0.1) is 0 Å². The number of hydrogen-bond acceptors (Lipinski definition) is 3. The molecular weight excluding hydrogens is 252 g/mol. The van der Waals surface area contributed by atoms with Crippen molar-refractivity contribution in [1.82, 2.24) is 9.97 Å². The molecule has 92 valence electrons. The molecule has 0 fully saturated rings. The van der Waals surface area contributed by atoms with Gasteiger partial charge in [0.15, 0.2) is 0 Å². The molecule has 2 heterocycles. The number of thiophene rings is 1. The molecule has 19 heavy (non-hydrogen) atoms. The molecule has 3 aromatic rings. The summed E-state index contributed by atoms with van der Waals surface area (Å²) in [5, 5.41) is 2.07. The number of benzene rings is 1. The van der Waals surface area contributed by atoms with Crippen LogP contribution in [-0.2, 0) is 12.8 Å². The Labute approximate surface area is 115 Å². The molecule has 3 heteroatoms. The fourth-order valence-corrected chi connectivity index (χ4v) is 3.26. The Bertz CT molecular complexity index is 732. The van der Waals surface area contributed by atoms with Crippen molar-refractivity contribution in [2.75, 3.05) is 0 Å². The van der Waals surface area contributed by atoms with Gasteiger partial charge in [-0.2, -0.15) is 0 Å². The zero-order chi connectivity index (χ0) is 12.7. The first kappa shape index (κ1) is 10.9. The predicted molar refractivity (Wildman–Crippen MR) is 78.2 cm³/mol. The second-order valence-corrected chi connectivity index (χ2v) is 5.63. The van der Waals surface area contributed by atoms with Crippen molar-refractivity contribution in [2.45, 2.75) is 12.8 Å². The minimum absolute atomic E-state index is 0.977. The Kier molecular flexibility index (Phi) is 2.45. The molecule has 1 aliphatic carbocycles. The Morgan fingerprint density at radius 1 is 1.00 bits per heavy atom. The van der Waals surface area contributed by atoms with Gasteiger partial charge in [0.25, 0.3) is 0 Å². The van der Waals surface area contributed by atoms with Crippen LogP contribution in [-0.4, -0.2) is 9.97 Å². The van der Waals surface area contributed by atoms with E-state index in [0.717, 1.165) is 29.9 Å². The van der Waals surface area contributed by atoms with Crippen LogP contribution < -0.4 is 0 Å². The molecule has 0 aliphatic heterocycles. The van der Waals surface area contributed by atoms with E-state index in [1.807, 2.05) is 6.20 Å². The second kappa shape index (κ2) is 4.28. The van der Waals surface area contributed by atoms with Crippen LogP contribution in [0.4, 0.5) is 0 Å². The smallest absolute Gasteiger partial charge is 0.0992 e. The molecule has 0 N–H and O–H groups in total. The topological polar surface area (TPSA) is 25.8 Å². The van der Waals surface area contributed by atoms with Crippen molar-refractivity contribution in [3.63, 3.8) is 0 Å². The zero-order valence-corrected chi connectivity index (χ0v) is 11.2. The van der Waals surface area contributed by atoms with E-state index < -0.39 is 0 Å². The summed E-state index contributed by atoms with van der Waals surface area (Å²) in [5.74, 6) is 0. The molecular formula is C16H12N2S. The lowest BCUT2D eigenvalue weighted by atomic mass is 9.92. The first-order valence-electron chi connectivity index (χ1n) is 6.40. The normalized spacial score (nSPS) is 12.8. The summed E-state index contributed by atoms with van der Waals surface area (Å²) in [7, 11) is 0. The monoisotopic (exact) mass is 264 g/mol. The van der Waals surface area contributed by atoms with Crippen molar-refractivity contribution in [3.05, 3.63) is 59.2 Å². The molecule has 0 unspecified atom stereocenters. The lowest BCUT2D eigenvalue weighted by Gasteiger charge is -2.18. The highest BCUT2D eigenvalue weighted by Gasteiger charge is 2.18. The molecule has 0 spiro atoms. The highest BCUT2D eigenvalue weighted by atomic mass is 32.1. The van der Waals surface area contributed by atoms with E-state index >= 15 is 0 Å². The summed E-state index contributed by atoms with van der Waals surface area (Å²) in [6, 6.07) is 12.7. The van der Waals surface area contributed by atoms with Crippen molar-refractivity contribution in [1.29, 1.82) is 0 Å². The van der Waals surface area contributed by atoms with Crippen LogP contribution in [0.3, 0.4) is 0 Å². The number of hydrogen-bond donors (Lipinski definition) is 0. The van der Waals surface area contributed by atoms with E-state index in [1.54, 1.807) is 11.3 Å². The maximum atomic E-state index is 4.84. The van der Waals surface area contributed by atoms with Crippen LogP contribution in [0.1, 0.15) is 11.3 Å². The van der Waals surface area contributed by atoms with Crippen LogP contribution in [0.15, 0.2) is 48.0 Å². The third-order valence-corrected chi connectivity index (χ3v) is 4.42. The molecule has 1 aliphatic rings. The number of rotatable bonds is 1. The van der Waals surface area contributed by atoms with Crippen molar-refractivity contribution in [2.24, 2.45) is 0 Å². The molecule has 0 bridgehead atoms. The quantitative estimate of drug-likeness (QED) is 0.664. The molecule has 0 radical (unpaired) electrons. The van der Waals surface area contributed by atoms with Gasteiger partial charge in [0, 0.05) is 5.56 Å². The van der Waals surface area contributed by atoms with Crippen molar-refractivity contribution >= 4 is 11.3 Å². The lowest BCUT2D eigenvalue weighted by molar-refractivity contribution is 0.880. The second-order valence-electron chi connectivity index (χ2n) is 4.68. The number of fused-ring (bicyclic) bond motifs is 3. The maximum absolute atomic E-state index is 4.84. The van der Waals surface area contributed by atoms with Gasteiger partial charge in [0.2, 0.25) is 0 Å². The molecule has 2 nitrogen and oxygen atoms in total. The van der Waals surface area contributed by atoms with Crippen LogP contribution in [0.25, 0.3) is 21.8 Å². The van der Waals surface area contributed by atoms with Gasteiger partial charge < -0.3 is 0 Å². The molecule has 4 rings (SSSR count). The fraction of sp³-hybridized carbons (Fsp3) is 0.125. The summed E-state index contributed by atoms with van der Waals surface area (Å²) >= 11 is 1.71. The van der Waals surface area contributed by atoms with E-state index in [4.69, 9.17) is 4.98 Å². The highest BCUT2D eigenvalue weighted by molar-refractivity contribution is 7.13. The summed E-state index contributed by atoms with van der Waals surface area (Å²) in [4.78, 5) is 10.6. The molecule has 0 atom stereocenters.